The first-order chi connectivity index (χ1) is 9.86. The minimum atomic E-state index is -2.69. The molecule has 0 spiro atoms. The van der Waals surface area contributed by atoms with Crippen molar-refractivity contribution in [2.24, 2.45) is 0 Å². The Kier molecular flexibility index (Phi) is 6.01. The molecule has 0 unspecified atom stereocenters. The van der Waals surface area contributed by atoms with Gasteiger partial charge in [0.15, 0.2) is 0 Å². The molecule has 0 fully saturated rings. The lowest BCUT2D eigenvalue weighted by atomic mass is 10.1. The molecule has 0 saturated heterocycles. The summed E-state index contributed by atoms with van der Waals surface area (Å²) in [7, 11) is 1.18. The number of alkyl halides is 2. The molecule has 0 bridgehead atoms. The number of nitrogens with zero attached hydrogens (tertiary/aromatic N) is 2. The number of amides is 1. The van der Waals surface area contributed by atoms with Crippen molar-refractivity contribution < 1.29 is 18.5 Å². The number of nitro groups is 1. The van der Waals surface area contributed by atoms with E-state index in [9.17, 15) is 23.7 Å². The number of anilines is 1. The lowest BCUT2D eigenvalue weighted by Gasteiger charge is -2.17. The summed E-state index contributed by atoms with van der Waals surface area (Å²) in [6.45, 7) is 1.81. The molecule has 1 amide bonds. The van der Waals surface area contributed by atoms with Crippen LogP contribution in [0.5, 0.6) is 0 Å². The van der Waals surface area contributed by atoms with Gasteiger partial charge in [-0.15, -0.1) is 0 Å². The second-order valence-electron chi connectivity index (χ2n) is 4.49. The lowest BCUT2D eigenvalue weighted by Crippen LogP contribution is -2.31. The van der Waals surface area contributed by atoms with Crippen molar-refractivity contribution in [1.82, 2.24) is 4.90 Å². The van der Waals surface area contributed by atoms with Gasteiger partial charge in [0.05, 0.1) is 11.5 Å². The molecule has 1 rings (SSSR count). The summed E-state index contributed by atoms with van der Waals surface area (Å²) in [6.07, 6.45) is -1.86. The molecule has 0 aliphatic carbocycles. The Morgan fingerprint density at radius 2 is 2.14 bits per heavy atom. The van der Waals surface area contributed by atoms with Crippen LogP contribution in [0.15, 0.2) is 18.2 Å². The molecule has 1 aromatic rings. The predicted octanol–water partition coefficient (Wildman–Crippen LogP) is 2.75. The van der Waals surface area contributed by atoms with Gasteiger partial charge in [-0.1, -0.05) is 6.92 Å². The summed E-state index contributed by atoms with van der Waals surface area (Å²) in [5.41, 5.74) is -0.0661. The molecule has 0 atom stereocenters. The predicted molar refractivity (Wildman–Crippen MR) is 74.8 cm³/mol. The Bertz CT molecular complexity index is 523. The van der Waals surface area contributed by atoms with E-state index in [0.717, 1.165) is 11.3 Å². The monoisotopic (exact) mass is 301 g/mol. The summed E-state index contributed by atoms with van der Waals surface area (Å²) < 4.78 is 24.7. The van der Waals surface area contributed by atoms with E-state index < -0.39 is 29.5 Å². The molecule has 1 N–H and O–H groups in total. The van der Waals surface area contributed by atoms with Crippen LogP contribution in [0.2, 0.25) is 0 Å². The minimum Gasteiger partial charge on any atom is -0.385 e. The van der Waals surface area contributed by atoms with Gasteiger partial charge in [-0.3, -0.25) is 14.9 Å². The zero-order chi connectivity index (χ0) is 16.0. The van der Waals surface area contributed by atoms with Gasteiger partial charge in [0.1, 0.15) is 5.56 Å². The number of hydrogen-bond donors (Lipinski definition) is 1. The van der Waals surface area contributed by atoms with E-state index >= 15 is 0 Å². The van der Waals surface area contributed by atoms with Gasteiger partial charge >= 0.3 is 0 Å². The number of nitro benzene ring substituents is 1. The third kappa shape index (κ3) is 4.66. The Balaban J connectivity index is 3.10. The average Bonchev–Trinajstić information content (AvgIpc) is 2.43. The van der Waals surface area contributed by atoms with Gasteiger partial charge in [0.25, 0.3) is 18.0 Å². The number of carbonyl (C=O) groups excluding carboxylic acids is 1. The van der Waals surface area contributed by atoms with Gasteiger partial charge in [-0.05, 0) is 18.6 Å². The zero-order valence-electron chi connectivity index (χ0n) is 11.8. The molecule has 8 heteroatoms. The van der Waals surface area contributed by atoms with Crippen LogP contribution in [0.3, 0.4) is 0 Å². The molecule has 21 heavy (non-hydrogen) atoms. The summed E-state index contributed by atoms with van der Waals surface area (Å²) in [5, 5.41) is 14.0. The maximum absolute atomic E-state index is 12.3. The Morgan fingerprint density at radius 1 is 1.48 bits per heavy atom. The molecule has 6 nitrogen and oxygen atoms in total. The SMILES string of the molecule is CCCNc1ccc([N+](=O)[O-])c(C(=O)N(C)CC(F)F)c1. The molecule has 116 valence electrons. The smallest absolute Gasteiger partial charge is 0.282 e. The number of nitrogens with one attached hydrogen (secondary N) is 1. The first-order valence-electron chi connectivity index (χ1n) is 6.42. The van der Waals surface area contributed by atoms with E-state index in [4.69, 9.17) is 0 Å². The van der Waals surface area contributed by atoms with Crippen molar-refractivity contribution >= 4 is 17.3 Å². The fraction of sp³-hybridized carbons (Fsp3) is 0.462. The number of benzene rings is 1. The highest BCUT2D eigenvalue weighted by molar-refractivity contribution is 5.99. The van der Waals surface area contributed by atoms with E-state index in [-0.39, 0.29) is 5.56 Å². The van der Waals surface area contributed by atoms with E-state index in [1.165, 1.54) is 25.2 Å². The van der Waals surface area contributed by atoms with Crippen LogP contribution in [0.1, 0.15) is 23.7 Å². The molecule has 1 aromatic carbocycles. The quantitative estimate of drug-likeness (QED) is 0.620. The number of carbonyl (C=O) groups is 1. The molecule has 0 aliphatic heterocycles. The molecular weight excluding hydrogens is 284 g/mol. The fourth-order valence-corrected chi connectivity index (χ4v) is 1.74. The van der Waals surface area contributed by atoms with Crippen LogP contribution in [0, 0.1) is 10.1 Å². The van der Waals surface area contributed by atoms with Crippen LogP contribution < -0.4 is 5.32 Å². The standard InChI is InChI=1S/C13H17F2N3O3/c1-3-6-16-9-4-5-11(18(20)21)10(7-9)13(19)17(2)8-12(14)15/h4-5,7,12,16H,3,6,8H2,1-2H3. The first-order valence-corrected chi connectivity index (χ1v) is 6.42. The van der Waals surface area contributed by atoms with E-state index in [0.29, 0.717) is 12.2 Å². The van der Waals surface area contributed by atoms with Crippen LogP contribution in [0.25, 0.3) is 0 Å². The maximum atomic E-state index is 12.3. The topological polar surface area (TPSA) is 75.5 Å². The van der Waals surface area contributed by atoms with Crippen LogP contribution >= 0.6 is 0 Å². The third-order valence-electron chi connectivity index (χ3n) is 2.76. The van der Waals surface area contributed by atoms with Crippen molar-refractivity contribution in [3.8, 4) is 0 Å². The lowest BCUT2D eigenvalue weighted by molar-refractivity contribution is -0.385. The summed E-state index contributed by atoms with van der Waals surface area (Å²) >= 11 is 0. The number of hydrogen-bond acceptors (Lipinski definition) is 4. The Hall–Kier alpha value is -2.25. The summed E-state index contributed by atoms with van der Waals surface area (Å²) in [6, 6.07) is 4.00. The molecule has 0 saturated carbocycles. The highest BCUT2D eigenvalue weighted by atomic mass is 19.3. The first kappa shape index (κ1) is 16.8. The minimum absolute atomic E-state index is 0.204. The van der Waals surface area contributed by atoms with Crippen molar-refractivity contribution in [2.45, 2.75) is 19.8 Å². The second kappa shape index (κ2) is 7.51. The number of halogens is 2. The van der Waals surface area contributed by atoms with Gasteiger partial charge in [-0.2, -0.15) is 0 Å². The van der Waals surface area contributed by atoms with E-state index in [1.54, 1.807) is 0 Å². The van der Waals surface area contributed by atoms with Gasteiger partial charge in [-0.25, -0.2) is 8.78 Å². The molecule has 0 aliphatic rings. The fourth-order valence-electron chi connectivity index (χ4n) is 1.74. The van der Waals surface area contributed by atoms with Crippen molar-refractivity contribution in [2.75, 3.05) is 25.5 Å². The molecule has 0 aromatic heterocycles. The maximum Gasteiger partial charge on any atom is 0.282 e. The van der Waals surface area contributed by atoms with Gasteiger partial charge in [0, 0.05) is 25.3 Å². The Labute approximate surface area is 120 Å². The van der Waals surface area contributed by atoms with Crippen molar-refractivity contribution in [3.05, 3.63) is 33.9 Å². The summed E-state index contributed by atoms with van der Waals surface area (Å²) in [4.78, 5) is 23.1. The van der Waals surface area contributed by atoms with Crippen LogP contribution in [0.4, 0.5) is 20.2 Å². The Morgan fingerprint density at radius 3 is 2.67 bits per heavy atom. The number of rotatable bonds is 7. The third-order valence-corrected chi connectivity index (χ3v) is 2.76. The molecule has 0 radical (unpaired) electrons. The average molecular weight is 301 g/mol. The normalized spacial score (nSPS) is 10.5. The largest absolute Gasteiger partial charge is 0.385 e. The summed E-state index contributed by atoms with van der Waals surface area (Å²) in [5.74, 6) is -0.804. The highest BCUT2D eigenvalue weighted by Gasteiger charge is 2.24. The zero-order valence-corrected chi connectivity index (χ0v) is 11.8. The van der Waals surface area contributed by atoms with Gasteiger partial charge in [0.2, 0.25) is 0 Å². The van der Waals surface area contributed by atoms with Crippen LogP contribution in [-0.4, -0.2) is 42.3 Å². The molecule has 0 heterocycles. The van der Waals surface area contributed by atoms with Crippen molar-refractivity contribution in [1.29, 1.82) is 0 Å². The second-order valence-corrected chi connectivity index (χ2v) is 4.49. The van der Waals surface area contributed by atoms with Crippen molar-refractivity contribution in [3.63, 3.8) is 0 Å². The van der Waals surface area contributed by atoms with Gasteiger partial charge < -0.3 is 10.2 Å². The van der Waals surface area contributed by atoms with E-state index in [2.05, 4.69) is 5.32 Å². The molecular formula is C13H17F2N3O3. The highest BCUT2D eigenvalue weighted by Crippen LogP contribution is 2.24. The van der Waals surface area contributed by atoms with Crippen LogP contribution in [-0.2, 0) is 0 Å². The van der Waals surface area contributed by atoms with E-state index in [1.807, 2.05) is 6.92 Å².